The Morgan fingerprint density at radius 1 is 1.06 bits per heavy atom. The highest BCUT2D eigenvalue weighted by Crippen LogP contribution is 2.38. The van der Waals surface area contributed by atoms with Crippen LogP contribution in [0.25, 0.3) is 16.5 Å². The van der Waals surface area contributed by atoms with E-state index in [0.717, 1.165) is 34.1 Å². The minimum absolute atomic E-state index is 0.0492. The number of Topliss-reactive ketones (excluding diaryl/α,β-unsaturated/α-hetero) is 1. The van der Waals surface area contributed by atoms with E-state index in [1.165, 1.54) is 5.56 Å². The van der Waals surface area contributed by atoms with Gasteiger partial charge in [0.25, 0.3) is 0 Å². The molecule has 1 aliphatic rings. The largest absolute Gasteiger partial charge is 0.310 e. The third-order valence-electron chi connectivity index (χ3n) is 6.02. The van der Waals surface area contributed by atoms with Crippen molar-refractivity contribution in [3.63, 3.8) is 0 Å². The Morgan fingerprint density at radius 2 is 1.87 bits per heavy atom. The zero-order valence-corrected chi connectivity index (χ0v) is 17.6. The molecule has 1 amide bonds. The van der Waals surface area contributed by atoms with E-state index in [1.54, 1.807) is 4.68 Å². The van der Waals surface area contributed by atoms with Gasteiger partial charge in [0.1, 0.15) is 5.82 Å². The first kappa shape index (κ1) is 19.2. The Balaban J connectivity index is 1.60. The molecule has 2 heterocycles. The first-order valence-electron chi connectivity index (χ1n) is 10.6. The standard InChI is InChI=1S/C26H23N3O2/c1-3-17-7-6-10-21(13-17)29-26-24(16(2)28-29)22(15-23(30)27-26)25(31)20-12-11-18-8-4-5-9-19(18)14-20/h4-14,22H,3,15H2,1-2H3,(H,27,30)/t22-/m1/s1. The molecule has 5 heteroatoms. The maximum Gasteiger partial charge on any atom is 0.226 e. The summed E-state index contributed by atoms with van der Waals surface area (Å²) in [4.78, 5) is 26.1. The van der Waals surface area contributed by atoms with Crippen molar-refractivity contribution in [3.8, 4) is 5.69 Å². The normalized spacial score (nSPS) is 15.5. The third-order valence-corrected chi connectivity index (χ3v) is 6.02. The van der Waals surface area contributed by atoms with Gasteiger partial charge in [0.2, 0.25) is 5.91 Å². The summed E-state index contributed by atoms with van der Waals surface area (Å²) in [5.74, 6) is -0.166. The second-order valence-electron chi connectivity index (χ2n) is 8.01. The zero-order valence-electron chi connectivity index (χ0n) is 17.6. The molecule has 0 unspecified atom stereocenters. The van der Waals surface area contributed by atoms with Crippen molar-refractivity contribution in [1.29, 1.82) is 0 Å². The zero-order chi connectivity index (χ0) is 21.5. The van der Waals surface area contributed by atoms with E-state index >= 15 is 0 Å². The summed E-state index contributed by atoms with van der Waals surface area (Å²) < 4.78 is 1.75. The van der Waals surface area contributed by atoms with Gasteiger partial charge in [-0.15, -0.1) is 0 Å². The molecule has 1 aromatic heterocycles. The second-order valence-corrected chi connectivity index (χ2v) is 8.01. The number of aryl methyl sites for hydroxylation is 2. The number of hydrogen-bond donors (Lipinski definition) is 1. The molecule has 1 atom stereocenters. The van der Waals surface area contributed by atoms with E-state index in [2.05, 4.69) is 24.4 Å². The number of anilines is 1. The maximum atomic E-state index is 13.5. The Kier molecular flexibility index (Phi) is 4.66. The molecule has 0 spiro atoms. The van der Waals surface area contributed by atoms with Crippen molar-refractivity contribution in [3.05, 3.63) is 89.1 Å². The molecule has 3 aromatic carbocycles. The number of rotatable bonds is 4. The molecule has 0 saturated carbocycles. The van der Waals surface area contributed by atoms with Crippen molar-refractivity contribution >= 4 is 28.3 Å². The number of hydrogen-bond acceptors (Lipinski definition) is 3. The Bertz CT molecular complexity index is 1340. The van der Waals surface area contributed by atoms with Gasteiger partial charge in [-0.2, -0.15) is 5.10 Å². The van der Waals surface area contributed by atoms with Crippen molar-refractivity contribution in [1.82, 2.24) is 9.78 Å². The van der Waals surface area contributed by atoms with Crippen LogP contribution in [0.2, 0.25) is 0 Å². The quantitative estimate of drug-likeness (QED) is 0.471. The highest BCUT2D eigenvalue weighted by atomic mass is 16.2. The molecule has 0 bridgehead atoms. The van der Waals surface area contributed by atoms with E-state index in [0.29, 0.717) is 11.4 Å². The van der Waals surface area contributed by atoms with Gasteiger partial charge in [0.15, 0.2) is 5.78 Å². The smallest absolute Gasteiger partial charge is 0.226 e. The highest BCUT2D eigenvalue weighted by Gasteiger charge is 2.36. The van der Waals surface area contributed by atoms with Gasteiger partial charge in [-0.1, -0.05) is 55.5 Å². The van der Waals surface area contributed by atoms with Gasteiger partial charge in [-0.25, -0.2) is 4.68 Å². The molecular formula is C26H23N3O2. The average Bonchev–Trinajstić information content (AvgIpc) is 3.13. The maximum absolute atomic E-state index is 13.5. The lowest BCUT2D eigenvalue weighted by Crippen LogP contribution is -2.28. The van der Waals surface area contributed by atoms with Crippen LogP contribution in [-0.2, 0) is 11.2 Å². The van der Waals surface area contributed by atoms with Crippen LogP contribution in [0.3, 0.4) is 0 Å². The lowest BCUT2D eigenvalue weighted by molar-refractivity contribution is -0.116. The van der Waals surface area contributed by atoms with Crippen LogP contribution in [0, 0.1) is 6.92 Å². The highest BCUT2D eigenvalue weighted by molar-refractivity contribution is 6.09. The topological polar surface area (TPSA) is 64.0 Å². The van der Waals surface area contributed by atoms with Crippen molar-refractivity contribution in [2.45, 2.75) is 32.6 Å². The number of aromatic nitrogens is 2. The average molecular weight is 409 g/mol. The van der Waals surface area contributed by atoms with Crippen LogP contribution in [0.15, 0.2) is 66.7 Å². The van der Waals surface area contributed by atoms with E-state index in [1.807, 2.05) is 61.5 Å². The first-order chi connectivity index (χ1) is 15.0. The number of ketones is 1. The Labute approximate surface area is 180 Å². The molecule has 0 saturated heterocycles. The molecular weight excluding hydrogens is 386 g/mol. The predicted molar refractivity (Wildman–Crippen MR) is 122 cm³/mol. The van der Waals surface area contributed by atoms with Crippen LogP contribution in [0.4, 0.5) is 5.82 Å². The first-order valence-corrected chi connectivity index (χ1v) is 10.6. The molecule has 5 nitrogen and oxygen atoms in total. The van der Waals surface area contributed by atoms with Crippen LogP contribution in [0.5, 0.6) is 0 Å². The minimum Gasteiger partial charge on any atom is -0.310 e. The van der Waals surface area contributed by atoms with Crippen molar-refractivity contribution in [2.24, 2.45) is 0 Å². The molecule has 0 radical (unpaired) electrons. The number of carbonyl (C=O) groups excluding carboxylic acids is 2. The monoisotopic (exact) mass is 409 g/mol. The summed E-state index contributed by atoms with van der Waals surface area (Å²) in [6.07, 6.45) is 1.03. The third kappa shape index (κ3) is 3.32. The number of nitrogens with zero attached hydrogens (tertiary/aromatic N) is 2. The Morgan fingerprint density at radius 3 is 2.68 bits per heavy atom. The number of nitrogens with one attached hydrogen (secondary N) is 1. The summed E-state index contributed by atoms with van der Waals surface area (Å²) in [5.41, 5.74) is 4.24. The summed E-state index contributed by atoms with van der Waals surface area (Å²) in [6.45, 7) is 4.00. The van der Waals surface area contributed by atoms with Crippen molar-refractivity contribution < 1.29 is 9.59 Å². The van der Waals surface area contributed by atoms with Gasteiger partial charge in [0, 0.05) is 17.5 Å². The van der Waals surface area contributed by atoms with Gasteiger partial charge < -0.3 is 5.32 Å². The van der Waals surface area contributed by atoms with Crippen LogP contribution in [-0.4, -0.2) is 21.5 Å². The molecule has 1 N–H and O–H groups in total. The molecule has 0 aliphatic carbocycles. The number of carbonyl (C=O) groups is 2. The number of fused-ring (bicyclic) bond motifs is 2. The number of amides is 1. The van der Waals surface area contributed by atoms with E-state index in [9.17, 15) is 9.59 Å². The van der Waals surface area contributed by atoms with Gasteiger partial charge >= 0.3 is 0 Å². The molecule has 4 aromatic rings. The van der Waals surface area contributed by atoms with E-state index < -0.39 is 5.92 Å². The second kappa shape index (κ2) is 7.51. The SMILES string of the molecule is CCc1cccc(-n2nc(C)c3c2NC(=O)C[C@H]3C(=O)c2ccc3ccccc3c2)c1. The van der Waals surface area contributed by atoms with Gasteiger partial charge in [-0.3, -0.25) is 9.59 Å². The van der Waals surface area contributed by atoms with E-state index in [4.69, 9.17) is 5.10 Å². The van der Waals surface area contributed by atoms with E-state index in [-0.39, 0.29) is 18.1 Å². The predicted octanol–water partition coefficient (Wildman–Crippen LogP) is 5.21. The minimum atomic E-state index is -0.548. The fourth-order valence-electron chi connectivity index (χ4n) is 4.41. The molecule has 5 rings (SSSR count). The lowest BCUT2D eigenvalue weighted by Gasteiger charge is -2.23. The Hall–Kier alpha value is -3.73. The number of benzene rings is 3. The summed E-state index contributed by atoms with van der Waals surface area (Å²) in [6, 6.07) is 21.8. The molecule has 154 valence electrons. The fourth-order valence-corrected chi connectivity index (χ4v) is 4.41. The van der Waals surface area contributed by atoms with Crippen LogP contribution in [0.1, 0.15) is 46.4 Å². The summed E-state index contributed by atoms with van der Waals surface area (Å²) in [7, 11) is 0. The van der Waals surface area contributed by atoms with Crippen LogP contribution >= 0.6 is 0 Å². The molecule has 1 aliphatic heterocycles. The fraction of sp³-hybridized carbons (Fsp3) is 0.192. The lowest BCUT2D eigenvalue weighted by atomic mass is 9.85. The summed E-state index contributed by atoms with van der Waals surface area (Å²) >= 11 is 0. The van der Waals surface area contributed by atoms with Crippen molar-refractivity contribution in [2.75, 3.05) is 5.32 Å². The summed E-state index contributed by atoms with van der Waals surface area (Å²) in [5, 5.41) is 9.75. The molecule has 0 fully saturated rings. The van der Waals surface area contributed by atoms with Gasteiger partial charge in [0.05, 0.1) is 17.3 Å². The molecule has 31 heavy (non-hydrogen) atoms. The van der Waals surface area contributed by atoms with Crippen LogP contribution < -0.4 is 5.32 Å². The van der Waals surface area contributed by atoms with Gasteiger partial charge in [-0.05, 0) is 47.9 Å².